The van der Waals surface area contributed by atoms with Gasteiger partial charge in [0.15, 0.2) is 0 Å². The molecule has 0 aliphatic heterocycles. The summed E-state index contributed by atoms with van der Waals surface area (Å²) in [7, 11) is 0. The average Bonchev–Trinajstić information content (AvgIpc) is 2.79. The summed E-state index contributed by atoms with van der Waals surface area (Å²) in [4.78, 5) is 5.90. The second kappa shape index (κ2) is 4.64. The van der Waals surface area contributed by atoms with Gasteiger partial charge in [0.05, 0.1) is 0 Å². The van der Waals surface area contributed by atoms with E-state index in [9.17, 15) is 0 Å². The molecular weight excluding hydrogens is 204 g/mol. The number of aromatic amines is 1. The van der Waals surface area contributed by atoms with Crippen LogP contribution < -0.4 is 5.32 Å². The summed E-state index contributed by atoms with van der Waals surface area (Å²) in [5.74, 6) is 0. The summed E-state index contributed by atoms with van der Waals surface area (Å²) in [5.41, 5.74) is 2.71. The van der Waals surface area contributed by atoms with E-state index >= 15 is 0 Å². The minimum absolute atomic E-state index is 0.930. The number of rotatable bonds is 4. The third-order valence-corrected chi connectivity index (χ3v) is 3.66. The van der Waals surface area contributed by atoms with Crippen molar-refractivity contribution in [1.29, 1.82) is 0 Å². The first kappa shape index (κ1) is 10.5. The fourth-order valence-corrected chi connectivity index (χ4v) is 2.56. The largest absolute Gasteiger partial charge is 0.367 e. The summed E-state index contributed by atoms with van der Waals surface area (Å²) in [6.07, 6.45) is 3.98. The Labute approximate surface area is 94.3 Å². The van der Waals surface area contributed by atoms with Crippen molar-refractivity contribution in [2.45, 2.75) is 26.9 Å². The van der Waals surface area contributed by atoms with Crippen molar-refractivity contribution < 1.29 is 0 Å². The zero-order chi connectivity index (χ0) is 10.7. The fourth-order valence-electron chi connectivity index (χ4n) is 1.54. The van der Waals surface area contributed by atoms with Crippen molar-refractivity contribution in [3.63, 3.8) is 0 Å². The number of aromatic nitrogens is 1. The molecule has 2 nitrogen and oxygen atoms in total. The van der Waals surface area contributed by atoms with Crippen LogP contribution in [0.5, 0.6) is 0 Å². The Morgan fingerprint density at radius 2 is 2.20 bits per heavy atom. The maximum Gasteiger partial charge on any atom is 0.0303 e. The zero-order valence-electron chi connectivity index (χ0n) is 9.13. The molecule has 2 N–H and O–H groups in total. The lowest BCUT2D eigenvalue weighted by Gasteiger charge is -1.99. The van der Waals surface area contributed by atoms with Crippen LogP contribution in [0, 0.1) is 13.8 Å². The minimum atomic E-state index is 0.930. The molecule has 2 heterocycles. The van der Waals surface area contributed by atoms with Crippen LogP contribution in [0.25, 0.3) is 0 Å². The third kappa shape index (κ3) is 2.70. The van der Waals surface area contributed by atoms with Crippen LogP contribution in [0.4, 0.5) is 0 Å². The quantitative estimate of drug-likeness (QED) is 0.814. The van der Waals surface area contributed by atoms with Gasteiger partial charge in [-0.05, 0) is 37.1 Å². The molecule has 0 aliphatic carbocycles. The van der Waals surface area contributed by atoms with E-state index < -0.39 is 0 Å². The van der Waals surface area contributed by atoms with Gasteiger partial charge in [-0.3, -0.25) is 0 Å². The molecule has 0 bridgehead atoms. The summed E-state index contributed by atoms with van der Waals surface area (Å²) >= 11 is 1.88. The summed E-state index contributed by atoms with van der Waals surface area (Å²) in [6.45, 7) is 6.24. The number of thiophene rings is 1. The van der Waals surface area contributed by atoms with Crippen molar-refractivity contribution >= 4 is 11.3 Å². The molecule has 2 aromatic heterocycles. The van der Waals surface area contributed by atoms with E-state index in [4.69, 9.17) is 0 Å². The van der Waals surface area contributed by atoms with Gasteiger partial charge in [0.1, 0.15) is 0 Å². The van der Waals surface area contributed by atoms with Crippen LogP contribution in [0.1, 0.15) is 20.9 Å². The molecule has 0 aliphatic rings. The van der Waals surface area contributed by atoms with Gasteiger partial charge < -0.3 is 10.3 Å². The molecule has 0 aromatic carbocycles. The summed E-state index contributed by atoms with van der Waals surface area (Å²) in [6, 6.07) is 4.36. The van der Waals surface area contributed by atoms with Gasteiger partial charge in [-0.15, -0.1) is 11.3 Å². The zero-order valence-corrected chi connectivity index (χ0v) is 9.95. The van der Waals surface area contributed by atoms with Crippen molar-refractivity contribution in [3.8, 4) is 0 Å². The highest BCUT2D eigenvalue weighted by atomic mass is 32.1. The minimum Gasteiger partial charge on any atom is -0.367 e. The lowest BCUT2D eigenvalue weighted by molar-refractivity contribution is 0.701. The van der Waals surface area contributed by atoms with Gasteiger partial charge in [0.2, 0.25) is 0 Å². The number of aryl methyl sites for hydroxylation is 2. The molecule has 15 heavy (non-hydrogen) atoms. The molecule has 0 fully saturated rings. The predicted octanol–water partition coefficient (Wildman–Crippen LogP) is 2.98. The first-order valence-corrected chi connectivity index (χ1v) is 5.95. The molecule has 0 saturated carbocycles. The maximum absolute atomic E-state index is 3.44. The highest BCUT2D eigenvalue weighted by Crippen LogP contribution is 2.20. The van der Waals surface area contributed by atoms with Gasteiger partial charge >= 0.3 is 0 Å². The van der Waals surface area contributed by atoms with Gasteiger partial charge in [-0.1, -0.05) is 0 Å². The first-order valence-electron chi connectivity index (χ1n) is 5.14. The van der Waals surface area contributed by atoms with E-state index in [0.717, 1.165) is 13.1 Å². The molecule has 2 rings (SSSR count). The Kier molecular flexibility index (Phi) is 3.23. The topological polar surface area (TPSA) is 27.8 Å². The van der Waals surface area contributed by atoms with Crippen LogP contribution in [0.2, 0.25) is 0 Å². The fraction of sp³-hybridized carbons (Fsp3) is 0.333. The van der Waals surface area contributed by atoms with Crippen LogP contribution in [0.3, 0.4) is 0 Å². The molecule has 0 spiro atoms. The third-order valence-electron chi connectivity index (χ3n) is 2.51. The number of hydrogen-bond donors (Lipinski definition) is 2. The Balaban J connectivity index is 1.83. The monoisotopic (exact) mass is 220 g/mol. The lowest BCUT2D eigenvalue weighted by Crippen LogP contribution is -2.10. The van der Waals surface area contributed by atoms with E-state index in [2.05, 4.69) is 36.3 Å². The van der Waals surface area contributed by atoms with Crippen molar-refractivity contribution in [2.24, 2.45) is 0 Å². The first-order chi connectivity index (χ1) is 7.25. The summed E-state index contributed by atoms with van der Waals surface area (Å²) < 4.78 is 0. The van der Waals surface area contributed by atoms with Crippen LogP contribution >= 0.6 is 11.3 Å². The van der Waals surface area contributed by atoms with E-state index in [-0.39, 0.29) is 0 Å². The molecule has 3 heteroatoms. The number of nitrogens with one attached hydrogen (secondary N) is 2. The van der Waals surface area contributed by atoms with E-state index in [1.807, 2.05) is 23.7 Å². The van der Waals surface area contributed by atoms with Gasteiger partial charge in [-0.2, -0.15) is 0 Å². The second-order valence-corrected chi connectivity index (χ2v) is 5.12. The van der Waals surface area contributed by atoms with Crippen LogP contribution in [-0.2, 0) is 13.1 Å². The van der Waals surface area contributed by atoms with Crippen molar-refractivity contribution in [2.75, 3.05) is 0 Å². The molecule has 2 aromatic rings. The van der Waals surface area contributed by atoms with E-state index in [0.29, 0.717) is 0 Å². The van der Waals surface area contributed by atoms with Crippen LogP contribution in [0.15, 0.2) is 24.5 Å². The lowest BCUT2D eigenvalue weighted by atomic mass is 10.3. The standard InChI is InChI=1S/C12H16N2S/c1-9-5-12(15-10(9)2)8-14-7-11-3-4-13-6-11/h3-6,13-14H,7-8H2,1-2H3. The summed E-state index contributed by atoms with van der Waals surface area (Å²) in [5, 5.41) is 3.44. The van der Waals surface area contributed by atoms with Gasteiger partial charge in [0, 0.05) is 35.2 Å². The molecule has 0 saturated heterocycles. The Bertz CT molecular complexity index is 395. The number of H-pyrrole nitrogens is 1. The molecule has 0 radical (unpaired) electrons. The number of hydrogen-bond acceptors (Lipinski definition) is 2. The van der Waals surface area contributed by atoms with Gasteiger partial charge in [-0.25, -0.2) is 0 Å². The van der Waals surface area contributed by atoms with Crippen LogP contribution in [-0.4, -0.2) is 4.98 Å². The Morgan fingerprint density at radius 1 is 1.33 bits per heavy atom. The molecule has 80 valence electrons. The Morgan fingerprint density at radius 3 is 2.80 bits per heavy atom. The maximum atomic E-state index is 3.44. The predicted molar refractivity (Wildman–Crippen MR) is 65.1 cm³/mol. The molecule has 0 atom stereocenters. The molecular formula is C12H16N2S. The van der Waals surface area contributed by atoms with E-state index in [1.54, 1.807) is 0 Å². The second-order valence-electron chi connectivity index (χ2n) is 3.77. The average molecular weight is 220 g/mol. The van der Waals surface area contributed by atoms with Gasteiger partial charge in [0.25, 0.3) is 0 Å². The molecule has 0 amide bonds. The van der Waals surface area contributed by atoms with E-state index in [1.165, 1.54) is 20.9 Å². The highest BCUT2D eigenvalue weighted by Gasteiger charge is 2.00. The Hall–Kier alpha value is -1.06. The normalized spacial score (nSPS) is 10.8. The SMILES string of the molecule is Cc1cc(CNCc2cc[nH]c2)sc1C. The van der Waals surface area contributed by atoms with Crippen molar-refractivity contribution in [1.82, 2.24) is 10.3 Å². The smallest absolute Gasteiger partial charge is 0.0303 e. The highest BCUT2D eigenvalue weighted by molar-refractivity contribution is 7.12. The van der Waals surface area contributed by atoms with Crippen molar-refractivity contribution in [3.05, 3.63) is 45.4 Å². The molecule has 0 unspecified atom stereocenters.